The van der Waals surface area contributed by atoms with E-state index in [1.54, 1.807) is 20.3 Å². The molecule has 0 atom stereocenters. The van der Waals surface area contributed by atoms with Gasteiger partial charge < -0.3 is 24.3 Å². The molecule has 28 heavy (non-hydrogen) atoms. The van der Waals surface area contributed by atoms with Crippen LogP contribution in [0.4, 0.5) is 5.69 Å². The molecule has 1 aliphatic heterocycles. The number of hydrogen-bond acceptors (Lipinski definition) is 7. The lowest BCUT2D eigenvalue weighted by molar-refractivity contribution is -0.385. The number of carbonyl (C=O) groups excluding carboxylic acids is 1. The van der Waals surface area contributed by atoms with Crippen LogP contribution in [0.3, 0.4) is 0 Å². The SMILES string of the molecule is COc1ccc(CCNC(=O)c2cc3c(cc2[N+](=O)[O-])OCCO3)cc1OC. The van der Waals surface area contributed by atoms with Crippen molar-refractivity contribution in [1.82, 2.24) is 5.32 Å². The first-order valence-corrected chi connectivity index (χ1v) is 8.60. The molecule has 3 rings (SSSR count). The van der Waals surface area contributed by atoms with Gasteiger partial charge in [-0.2, -0.15) is 0 Å². The van der Waals surface area contributed by atoms with E-state index in [-0.39, 0.29) is 17.0 Å². The summed E-state index contributed by atoms with van der Waals surface area (Å²) in [6.07, 6.45) is 0.518. The highest BCUT2D eigenvalue weighted by Crippen LogP contribution is 2.36. The van der Waals surface area contributed by atoms with Gasteiger partial charge in [0.1, 0.15) is 18.8 Å². The molecule has 1 amide bonds. The Morgan fingerprint density at radius 2 is 1.79 bits per heavy atom. The van der Waals surface area contributed by atoms with E-state index in [4.69, 9.17) is 18.9 Å². The third-order valence-corrected chi connectivity index (χ3v) is 4.25. The van der Waals surface area contributed by atoms with Crippen molar-refractivity contribution in [2.75, 3.05) is 34.0 Å². The first kappa shape index (κ1) is 19.3. The summed E-state index contributed by atoms with van der Waals surface area (Å²) < 4.78 is 21.2. The van der Waals surface area contributed by atoms with Gasteiger partial charge in [-0.15, -0.1) is 0 Å². The van der Waals surface area contributed by atoms with Gasteiger partial charge in [0, 0.05) is 12.6 Å². The third-order valence-electron chi connectivity index (χ3n) is 4.25. The lowest BCUT2D eigenvalue weighted by atomic mass is 10.1. The zero-order valence-electron chi connectivity index (χ0n) is 15.5. The van der Waals surface area contributed by atoms with E-state index in [1.807, 2.05) is 12.1 Å². The number of ether oxygens (including phenoxy) is 4. The van der Waals surface area contributed by atoms with E-state index in [2.05, 4.69) is 5.32 Å². The van der Waals surface area contributed by atoms with Gasteiger partial charge in [0.15, 0.2) is 23.0 Å². The van der Waals surface area contributed by atoms with E-state index < -0.39 is 10.8 Å². The Morgan fingerprint density at radius 1 is 1.11 bits per heavy atom. The van der Waals surface area contributed by atoms with Gasteiger partial charge in [-0.3, -0.25) is 14.9 Å². The number of fused-ring (bicyclic) bond motifs is 1. The van der Waals surface area contributed by atoms with E-state index >= 15 is 0 Å². The van der Waals surface area contributed by atoms with Gasteiger partial charge in [0.2, 0.25) is 0 Å². The van der Waals surface area contributed by atoms with Crippen LogP contribution in [-0.2, 0) is 6.42 Å². The number of nitrogens with zero attached hydrogens (tertiary/aromatic N) is 1. The fourth-order valence-electron chi connectivity index (χ4n) is 2.86. The molecule has 1 N–H and O–H groups in total. The van der Waals surface area contributed by atoms with Crippen LogP contribution in [0, 0.1) is 10.1 Å². The van der Waals surface area contributed by atoms with Crippen LogP contribution in [0.25, 0.3) is 0 Å². The van der Waals surface area contributed by atoms with Gasteiger partial charge in [-0.25, -0.2) is 0 Å². The highest BCUT2D eigenvalue weighted by Gasteiger charge is 2.26. The van der Waals surface area contributed by atoms with Gasteiger partial charge >= 0.3 is 0 Å². The Kier molecular flexibility index (Phi) is 5.83. The second-order valence-electron chi connectivity index (χ2n) is 5.97. The first-order valence-electron chi connectivity index (χ1n) is 8.60. The number of methoxy groups -OCH3 is 2. The molecule has 0 radical (unpaired) electrons. The summed E-state index contributed by atoms with van der Waals surface area (Å²) in [7, 11) is 3.10. The van der Waals surface area contributed by atoms with Crippen molar-refractivity contribution in [1.29, 1.82) is 0 Å². The largest absolute Gasteiger partial charge is 0.493 e. The molecule has 2 aromatic carbocycles. The normalized spacial score (nSPS) is 12.2. The Balaban J connectivity index is 1.70. The molecule has 0 fully saturated rings. The molecule has 9 heteroatoms. The molecular weight excluding hydrogens is 368 g/mol. The molecular formula is C19H20N2O7. The maximum atomic E-state index is 12.5. The summed E-state index contributed by atoms with van der Waals surface area (Å²) in [6.45, 7) is 0.923. The van der Waals surface area contributed by atoms with Crippen molar-refractivity contribution in [3.8, 4) is 23.0 Å². The van der Waals surface area contributed by atoms with Gasteiger partial charge in [0.05, 0.1) is 25.2 Å². The molecule has 0 saturated heterocycles. The smallest absolute Gasteiger partial charge is 0.286 e. The average Bonchev–Trinajstić information content (AvgIpc) is 2.72. The standard InChI is InChI=1S/C19H20N2O7/c1-25-15-4-3-12(9-16(15)26-2)5-6-20-19(22)13-10-17-18(28-8-7-27-17)11-14(13)21(23)24/h3-4,9-11H,5-8H2,1-2H3,(H,20,22). The minimum atomic E-state index is -0.610. The first-order chi connectivity index (χ1) is 13.5. The van der Waals surface area contributed by atoms with Crippen LogP contribution in [0.1, 0.15) is 15.9 Å². The minimum Gasteiger partial charge on any atom is -0.493 e. The molecule has 0 unspecified atom stereocenters. The summed E-state index contributed by atoms with van der Waals surface area (Å²) in [6, 6.07) is 8.02. The second kappa shape index (κ2) is 8.47. The summed E-state index contributed by atoms with van der Waals surface area (Å²) >= 11 is 0. The van der Waals surface area contributed by atoms with Crippen molar-refractivity contribution in [3.05, 3.63) is 51.6 Å². The molecule has 1 heterocycles. The number of nitro benzene ring substituents is 1. The molecule has 0 spiro atoms. The predicted octanol–water partition coefficient (Wildman–Crippen LogP) is 2.36. The summed E-state index contributed by atoms with van der Waals surface area (Å²) in [5.74, 6) is 1.24. The molecule has 0 saturated carbocycles. The van der Waals surface area contributed by atoms with Crippen molar-refractivity contribution in [2.24, 2.45) is 0 Å². The predicted molar refractivity (Wildman–Crippen MR) is 99.7 cm³/mol. The molecule has 1 aliphatic rings. The van der Waals surface area contributed by atoms with E-state index in [0.29, 0.717) is 43.4 Å². The molecule has 0 aromatic heterocycles. The Morgan fingerprint density at radius 3 is 2.43 bits per heavy atom. The molecule has 0 bridgehead atoms. The van der Waals surface area contributed by atoms with Crippen LogP contribution in [0.15, 0.2) is 30.3 Å². The molecule has 0 aliphatic carbocycles. The van der Waals surface area contributed by atoms with Crippen molar-refractivity contribution < 1.29 is 28.7 Å². The number of nitro groups is 1. The fraction of sp³-hybridized carbons (Fsp3) is 0.316. The molecule has 148 valence electrons. The van der Waals surface area contributed by atoms with E-state index in [9.17, 15) is 14.9 Å². The van der Waals surface area contributed by atoms with Gasteiger partial charge in [-0.05, 0) is 24.1 Å². The van der Waals surface area contributed by atoms with Gasteiger partial charge in [-0.1, -0.05) is 6.07 Å². The van der Waals surface area contributed by atoms with Crippen molar-refractivity contribution in [3.63, 3.8) is 0 Å². The Hall–Kier alpha value is -3.49. The maximum absolute atomic E-state index is 12.5. The van der Waals surface area contributed by atoms with Crippen LogP contribution in [0.2, 0.25) is 0 Å². The summed E-state index contributed by atoms with van der Waals surface area (Å²) in [4.78, 5) is 23.2. The number of rotatable bonds is 7. The van der Waals surface area contributed by atoms with Crippen LogP contribution >= 0.6 is 0 Å². The van der Waals surface area contributed by atoms with Crippen molar-refractivity contribution in [2.45, 2.75) is 6.42 Å². The van der Waals surface area contributed by atoms with Gasteiger partial charge in [0.25, 0.3) is 11.6 Å². The third kappa shape index (κ3) is 4.08. The Labute approximate surface area is 161 Å². The molecule has 2 aromatic rings. The number of hydrogen-bond donors (Lipinski definition) is 1. The van der Waals surface area contributed by atoms with E-state index in [0.717, 1.165) is 5.56 Å². The summed E-state index contributed by atoms with van der Waals surface area (Å²) in [5, 5.41) is 14.0. The minimum absolute atomic E-state index is 0.0680. The molecule has 9 nitrogen and oxygen atoms in total. The van der Waals surface area contributed by atoms with E-state index in [1.165, 1.54) is 12.1 Å². The van der Waals surface area contributed by atoms with Crippen LogP contribution < -0.4 is 24.3 Å². The zero-order chi connectivity index (χ0) is 20.1. The monoisotopic (exact) mass is 388 g/mol. The highest BCUT2D eigenvalue weighted by atomic mass is 16.6. The lowest BCUT2D eigenvalue weighted by Crippen LogP contribution is -2.27. The number of amides is 1. The topological polar surface area (TPSA) is 109 Å². The fourth-order valence-corrected chi connectivity index (χ4v) is 2.86. The van der Waals surface area contributed by atoms with Crippen LogP contribution in [-0.4, -0.2) is 44.8 Å². The zero-order valence-corrected chi connectivity index (χ0v) is 15.5. The number of nitrogens with one attached hydrogen (secondary N) is 1. The summed E-state index contributed by atoms with van der Waals surface area (Å²) in [5.41, 5.74) is 0.532. The Bertz CT molecular complexity index is 898. The number of benzene rings is 2. The van der Waals surface area contributed by atoms with Crippen LogP contribution in [0.5, 0.6) is 23.0 Å². The average molecular weight is 388 g/mol. The lowest BCUT2D eigenvalue weighted by Gasteiger charge is -2.18. The number of carbonyl (C=O) groups is 1. The highest BCUT2D eigenvalue weighted by molar-refractivity contribution is 5.99. The quantitative estimate of drug-likeness (QED) is 0.573. The maximum Gasteiger partial charge on any atom is 0.286 e. The van der Waals surface area contributed by atoms with Crippen molar-refractivity contribution >= 4 is 11.6 Å². The second-order valence-corrected chi connectivity index (χ2v) is 5.97.